The predicted octanol–water partition coefficient (Wildman–Crippen LogP) is 2.06. The van der Waals surface area contributed by atoms with Gasteiger partial charge in [-0.15, -0.1) is 11.6 Å². The summed E-state index contributed by atoms with van der Waals surface area (Å²) in [5, 5.41) is 0. The molecule has 0 bridgehead atoms. The second kappa shape index (κ2) is 6.02. The summed E-state index contributed by atoms with van der Waals surface area (Å²) in [6.45, 7) is 5.69. The summed E-state index contributed by atoms with van der Waals surface area (Å²) in [5.41, 5.74) is 1.63. The average Bonchev–Trinajstić information content (AvgIpc) is 2.41. The van der Waals surface area contributed by atoms with Crippen LogP contribution >= 0.6 is 11.6 Å². The normalized spacial score (nSPS) is 22.1. The third kappa shape index (κ3) is 2.86. The first-order valence-electron chi connectivity index (χ1n) is 6.72. The third-order valence-corrected chi connectivity index (χ3v) is 6.38. The molecule has 4 nitrogen and oxygen atoms in total. The zero-order valence-electron chi connectivity index (χ0n) is 12.1. The van der Waals surface area contributed by atoms with Gasteiger partial charge < -0.3 is 4.90 Å². The number of benzene rings is 1. The van der Waals surface area contributed by atoms with Crippen LogP contribution in [0.3, 0.4) is 0 Å². The standard InChI is InChI=1S/C14H21ClN2O2S/c1-11-10-17(8-7-16(11)3)20(18,19)14-6-4-5-13(9-15)12(14)2/h4-6,11H,7-10H2,1-3H3. The van der Waals surface area contributed by atoms with Gasteiger partial charge in [0.2, 0.25) is 10.0 Å². The molecule has 1 fully saturated rings. The maximum atomic E-state index is 12.8. The van der Waals surface area contributed by atoms with Crippen LogP contribution in [0.5, 0.6) is 0 Å². The van der Waals surface area contributed by atoms with E-state index in [1.807, 2.05) is 27.0 Å². The van der Waals surface area contributed by atoms with Crippen LogP contribution < -0.4 is 0 Å². The molecule has 0 saturated carbocycles. The van der Waals surface area contributed by atoms with Crippen molar-refractivity contribution >= 4 is 21.6 Å². The van der Waals surface area contributed by atoms with Gasteiger partial charge >= 0.3 is 0 Å². The summed E-state index contributed by atoms with van der Waals surface area (Å²) in [5.74, 6) is 0.328. The molecule has 2 rings (SSSR count). The molecule has 1 aliphatic heterocycles. The first-order valence-corrected chi connectivity index (χ1v) is 8.70. The van der Waals surface area contributed by atoms with E-state index in [0.29, 0.717) is 23.9 Å². The zero-order valence-corrected chi connectivity index (χ0v) is 13.7. The van der Waals surface area contributed by atoms with Gasteiger partial charge in [0, 0.05) is 31.6 Å². The second-order valence-corrected chi connectivity index (χ2v) is 7.54. The zero-order chi connectivity index (χ0) is 14.9. The van der Waals surface area contributed by atoms with Gasteiger partial charge in [0.15, 0.2) is 0 Å². The summed E-state index contributed by atoms with van der Waals surface area (Å²) in [6.07, 6.45) is 0. The van der Waals surface area contributed by atoms with E-state index in [4.69, 9.17) is 11.6 Å². The van der Waals surface area contributed by atoms with Gasteiger partial charge in [0.1, 0.15) is 0 Å². The Morgan fingerprint density at radius 2 is 2.05 bits per heavy atom. The summed E-state index contributed by atoms with van der Waals surface area (Å²) >= 11 is 5.87. The molecule has 0 aromatic heterocycles. The first kappa shape index (κ1) is 15.8. The van der Waals surface area contributed by atoms with Crippen LogP contribution in [0.2, 0.25) is 0 Å². The molecule has 0 amide bonds. The quantitative estimate of drug-likeness (QED) is 0.801. The monoisotopic (exact) mass is 316 g/mol. The smallest absolute Gasteiger partial charge is 0.243 e. The van der Waals surface area contributed by atoms with E-state index in [0.717, 1.165) is 17.7 Å². The van der Waals surface area contributed by atoms with Crippen molar-refractivity contribution in [3.05, 3.63) is 29.3 Å². The number of sulfonamides is 1. The maximum absolute atomic E-state index is 12.8. The fourth-order valence-electron chi connectivity index (χ4n) is 2.46. The predicted molar refractivity (Wildman–Crippen MR) is 81.6 cm³/mol. The molecule has 1 atom stereocenters. The van der Waals surface area contributed by atoms with Crippen molar-refractivity contribution in [1.82, 2.24) is 9.21 Å². The Balaban J connectivity index is 2.36. The first-order chi connectivity index (χ1) is 9.37. The number of hydrogen-bond acceptors (Lipinski definition) is 3. The van der Waals surface area contributed by atoms with Crippen molar-refractivity contribution in [1.29, 1.82) is 0 Å². The summed E-state index contributed by atoms with van der Waals surface area (Å²) in [4.78, 5) is 2.56. The highest BCUT2D eigenvalue weighted by atomic mass is 35.5. The Bertz CT molecular complexity index is 589. The van der Waals surface area contributed by atoms with Crippen LogP contribution in [0.4, 0.5) is 0 Å². The van der Waals surface area contributed by atoms with Crippen molar-refractivity contribution in [2.45, 2.75) is 30.7 Å². The van der Waals surface area contributed by atoms with Gasteiger partial charge in [-0.3, -0.25) is 0 Å². The molecule has 20 heavy (non-hydrogen) atoms. The summed E-state index contributed by atoms with van der Waals surface area (Å²) in [6, 6.07) is 5.53. The van der Waals surface area contributed by atoms with E-state index in [-0.39, 0.29) is 6.04 Å². The van der Waals surface area contributed by atoms with Crippen LogP contribution in [0.15, 0.2) is 23.1 Å². The molecule has 0 N–H and O–H groups in total. The Morgan fingerprint density at radius 3 is 2.65 bits per heavy atom. The van der Waals surface area contributed by atoms with E-state index in [1.165, 1.54) is 0 Å². The molecule has 1 unspecified atom stereocenters. The Morgan fingerprint density at radius 1 is 1.35 bits per heavy atom. The number of halogens is 1. The Labute approximate surface area is 126 Å². The lowest BCUT2D eigenvalue weighted by molar-refractivity contribution is 0.159. The molecule has 1 aliphatic rings. The van der Waals surface area contributed by atoms with Gasteiger partial charge in [-0.05, 0) is 38.1 Å². The molecule has 6 heteroatoms. The number of likely N-dealkylation sites (N-methyl/N-ethyl adjacent to an activating group) is 1. The fraction of sp³-hybridized carbons (Fsp3) is 0.571. The van der Waals surface area contributed by atoms with Crippen LogP contribution in [-0.2, 0) is 15.9 Å². The number of hydrogen-bond donors (Lipinski definition) is 0. The molecule has 1 aromatic rings. The lowest BCUT2D eigenvalue weighted by atomic mass is 10.1. The van der Waals surface area contributed by atoms with Crippen molar-refractivity contribution < 1.29 is 8.42 Å². The molecule has 112 valence electrons. The molecule has 0 spiro atoms. The Kier molecular flexibility index (Phi) is 4.74. The molecule has 1 saturated heterocycles. The molecule has 0 aliphatic carbocycles. The molecular weight excluding hydrogens is 296 g/mol. The average molecular weight is 317 g/mol. The SMILES string of the molecule is Cc1c(CCl)cccc1S(=O)(=O)N1CCN(C)C(C)C1. The molecular formula is C14H21ClN2O2S. The molecule has 0 radical (unpaired) electrons. The maximum Gasteiger partial charge on any atom is 0.243 e. The topological polar surface area (TPSA) is 40.6 Å². The lowest BCUT2D eigenvalue weighted by Gasteiger charge is -2.37. The van der Waals surface area contributed by atoms with Gasteiger partial charge in [0.25, 0.3) is 0 Å². The highest BCUT2D eigenvalue weighted by Gasteiger charge is 2.31. The van der Waals surface area contributed by atoms with Gasteiger partial charge in [-0.2, -0.15) is 4.31 Å². The second-order valence-electron chi connectivity index (χ2n) is 5.37. The van der Waals surface area contributed by atoms with Crippen LogP contribution in [-0.4, -0.2) is 50.3 Å². The lowest BCUT2D eigenvalue weighted by Crippen LogP contribution is -2.51. The molecule has 1 aromatic carbocycles. The number of nitrogens with zero attached hydrogens (tertiary/aromatic N) is 2. The van der Waals surface area contributed by atoms with Crippen LogP contribution in [0.25, 0.3) is 0 Å². The van der Waals surface area contributed by atoms with E-state index >= 15 is 0 Å². The minimum atomic E-state index is -3.43. The van der Waals surface area contributed by atoms with Gasteiger partial charge in [-0.1, -0.05) is 12.1 Å². The molecule has 1 heterocycles. The van der Waals surface area contributed by atoms with Crippen LogP contribution in [0.1, 0.15) is 18.1 Å². The highest BCUT2D eigenvalue weighted by molar-refractivity contribution is 7.89. The van der Waals surface area contributed by atoms with E-state index in [2.05, 4.69) is 4.90 Å². The van der Waals surface area contributed by atoms with Gasteiger partial charge in [-0.25, -0.2) is 8.42 Å². The van der Waals surface area contributed by atoms with Crippen molar-refractivity contribution in [3.8, 4) is 0 Å². The van der Waals surface area contributed by atoms with Crippen LogP contribution in [0, 0.1) is 6.92 Å². The van der Waals surface area contributed by atoms with E-state index < -0.39 is 10.0 Å². The minimum absolute atomic E-state index is 0.232. The number of rotatable bonds is 3. The van der Waals surface area contributed by atoms with Gasteiger partial charge in [0.05, 0.1) is 4.90 Å². The highest BCUT2D eigenvalue weighted by Crippen LogP contribution is 2.25. The Hall–Kier alpha value is -0.620. The number of alkyl halides is 1. The van der Waals surface area contributed by atoms with E-state index in [9.17, 15) is 8.42 Å². The third-order valence-electron chi connectivity index (χ3n) is 4.08. The minimum Gasteiger partial charge on any atom is -0.301 e. The fourth-order valence-corrected chi connectivity index (χ4v) is 4.53. The van der Waals surface area contributed by atoms with Crippen molar-refractivity contribution in [2.24, 2.45) is 0 Å². The largest absolute Gasteiger partial charge is 0.301 e. The number of piperazine rings is 1. The summed E-state index contributed by atoms with van der Waals surface area (Å²) < 4.78 is 27.2. The van der Waals surface area contributed by atoms with Crippen molar-refractivity contribution in [2.75, 3.05) is 26.7 Å². The van der Waals surface area contributed by atoms with E-state index in [1.54, 1.807) is 16.4 Å². The summed E-state index contributed by atoms with van der Waals surface area (Å²) in [7, 11) is -1.41. The van der Waals surface area contributed by atoms with Crippen molar-refractivity contribution in [3.63, 3.8) is 0 Å².